The van der Waals surface area contributed by atoms with Gasteiger partial charge in [0.2, 0.25) is 10.0 Å². The smallest absolute Gasteiger partial charge is 0.243 e. The molecule has 0 radical (unpaired) electrons. The number of aromatic nitrogens is 1. The third-order valence-electron chi connectivity index (χ3n) is 3.99. The van der Waals surface area contributed by atoms with E-state index >= 15 is 0 Å². The van der Waals surface area contributed by atoms with Crippen molar-refractivity contribution in [2.24, 2.45) is 0 Å². The molecule has 7 heteroatoms. The maximum atomic E-state index is 12.5. The summed E-state index contributed by atoms with van der Waals surface area (Å²) in [5.74, 6) is 0.669. The first-order valence-corrected chi connectivity index (χ1v) is 9.23. The molecule has 1 fully saturated rings. The molecule has 1 aromatic heterocycles. The van der Waals surface area contributed by atoms with Crippen LogP contribution < -0.4 is 5.32 Å². The van der Waals surface area contributed by atoms with E-state index in [1.807, 2.05) is 6.07 Å². The van der Waals surface area contributed by atoms with E-state index in [1.54, 1.807) is 40.7 Å². The van der Waals surface area contributed by atoms with E-state index in [9.17, 15) is 8.42 Å². The van der Waals surface area contributed by atoms with Gasteiger partial charge in [0.05, 0.1) is 10.5 Å². The molecule has 1 saturated heterocycles. The second-order valence-electron chi connectivity index (χ2n) is 5.65. The molecule has 2 heterocycles. The molecule has 124 valence electrons. The van der Waals surface area contributed by atoms with Crippen LogP contribution >= 0.6 is 0 Å². The minimum Gasteiger partial charge on any atom is -0.366 e. The molecular formula is C17H18N4O2S. The van der Waals surface area contributed by atoms with Crippen LogP contribution in [-0.4, -0.2) is 30.8 Å². The third kappa shape index (κ3) is 3.55. The molecule has 0 unspecified atom stereocenters. The average molecular weight is 342 g/mol. The number of nitriles is 1. The van der Waals surface area contributed by atoms with Crippen LogP contribution in [0.15, 0.2) is 47.5 Å². The largest absolute Gasteiger partial charge is 0.366 e. The van der Waals surface area contributed by atoms with Crippen LogP contribution in [0.25, 0.3) is 0 Å². The summed E-state index contributed by atoms with van der Waals surface area (Å²) in [6.45, 7) is 1.74. The zero-order valence-electron chi connectivity index (χ0n) is 13.1. The van der Waals surface area contributed by atoms with Crippen molar-refractivity contribution in [2.75, 3.05) is 18.4 Å². The number of benzene rings is 1. The minimum atomic E-state index is -3.36. The first-order valence-electron chi connectivity index (χ1n) is 7.79. The van der Waals surface area contributed by atoms with Gasteiger partial charge in [0, 0.05) is 25.8 Å². The molecule has 0 saturated carbocycles. The maximum absolute atomic E-state index is 12.5. The molecule has 0 spiro atoms. The zero-order chi connectivity index (χ0) is 17.0. The topological polar surface area (TPSA) is 86.1 Å². The molecule has 6 nitrogen and oxygen atoms in total. The highest BCUT2D eigenvalue weighted by Gasteiger charge is 2.26. The third-order valence-corrected chi connectivity index (χ3v) is 5.91. The standard InChI is InChI=1S/C17H18N4O2S/c18-11-15-5-8-17(20-13-15)19-12-14-3-6-16(7-4-14)24(22,23)21-9-1-2-10-21/h3-8,13H,1-2,9-10,12H2,(H,19,20). The van der Waals surface area contributed by atoms with Gasteiger partial charge < -0.3 is 5.32 Å². The highest BCUT2D eigenvalue weighted by molar-refractivity contribution is 7.89. The molecule has 0 aliphatic carbocycles. The summed E-state index contributed by atoms with van der Waals surface area (Å²) in [5, 5.41) is 11.9. The van der Waals surface area contributed by atoms with Gasteiger partial charge in [-0.1, -0.05) is 12.1 Å². The molecule has 1 N–H and O–H groups in total. The number of nitrogens with zero attached hydrogens (tertiary/aromatic N) is 3. The fourth-order valence-electron chi connectivity index (χ4n) is 2.61. The van der Waals surface area contributed by atoms with Gasteiger partial charge in [-0.15, -0.1) is 0 Å². The van der Waals surface area contributed by atoms with Gasteiger partial charge in [-0.25, -0.2) is 13.4 Å². The summed E-state index contributed by atoms with van der Waals surface area (Å²) >= 11 is 0. The lowest BCUT2D eigenvalue weighted by Crippen LogP contribution is -2.27. The van der Waals surface area contributed by atoms with Crippen LogP contribution in [-0.2, 0) is 16.6 Å². The summed E-state index contributed by atoms with van der Waals surface area (Å²) in [6.07, 6.45) is 3.37. The Morgan fingerprint density at radius 3 is 2.42 bits per heavy atom. The first-order chi connectivity index (χ1) is 11.6. The molecule has 0 amide bonds. The maximum Gasteiger partial charge on any atom is 0.243 e. The number of sulfonamides is 1. The number of nitrogens with one attached hydrogen (secondary N) is 1. The Labute approximate surface area is 141 Å². The summed E-state index contributed by atoms with van der Waals surface area (Å²) < 4.78 is 26.5. The lowest BCUT2D eigenvalue weighted by Gasteiger charge is -2.15. The van der Waals surface area contributed by atoms with Crippen LogP contribution in [0.3, 0.4) is 0 Å². The minimum absolute atomic E-state index is 0.338. The van der Waals surface area contributed by atoms with E-state index < -0.39 is 10.0 Å². The van der Waals surface area contributed by atoms with Crippen LogP contribution in [0.2, 0.25) is 0 Å². The SMILES string of the molecule is N#Cc1ccc(NCc2ccc(S(=O)(=O)N3CCCC3)cc2)nc1. The van der Waals surface area contributed by atoms with Crippen molar-refractivity contribution in [3.8, 4) is 6.07 Å². The molecule has 1 aliphatic rings. The van der Waals surface area contributed by atoms with Gasteiger partial charge in [-0.05, 0) is 42.7 Å². The van der Waals surface area contributed by atoms with Crippen molar-refractivity contribution in [1.82, 2.24) is 9.29 Å². The van der Waals surface area contributed by atoms with Gasteiger partial charge in [-0.3, -0.25) is 0 Å². The number of hydrogen-bond acceptors (Lipinski definition) is 5. The van der Waals surface area contributed by atoms with Crippen molar-refractivity contribution in [2.45, 2.75) is 24.3 Å². The van der Waals surface area contributed by atoms with Crippen LogP contribution in [0.4, 0.5) is 5.82 Å². The molecule has 24 heavy (non-hydrogen) atoms. The van der Waals surface area contributed by atoms with E-state index in [0.717, 1.165) is 18.4 Å². The van der Waals surface area contributed by atoms with Gasteiger partial charge in [0.25, 0.3) is 0 Å². The second-order valence-corrected chi connectivity index (χ2v) is 7.59. The van der Waals surface area contributed by atoms with E-state index in [2.05, 4.69) is 10.3 Å². The van der Waals surface area contributed by atoms with Gasteiger partial charge in [0.1, 0.15) is 11.9 Å². The van der Waals surface area contributed by atoms with Crippen LogP contribution in [0, 0.1) is 11.3 Å². The van der Waals surface area contributed by atoms with Crippen molar-refractivity contribution >= 4 is 15.8 Å². The fraction of sp³-hybridized carbons (Fsp3) is 0.294. The molecule has 0 atom stereocenters. The predicted octanol–water partition coefficient (Wildman–Crippen LogP) is 2.35. The summed E-state index contributed by atoms with van der Waals surface area (Å²) in [4.78, 5) is 4.48. The van der Waals surface area contributed by atoms with E-state index in [0.29, 0.717) is 35.9 Å². The van der Waals surface area contributed by atoms with Gasteiger partial charge in [-0.2, -0.15) is 9.57 Å². The lowest BCUT2D eigenvalue weighted by atomic mass is 10.2. The van der Waals surface area contributed by atoms with Crippen molar-refractivity contribution in [3.05, 3.63) is 53.7 Å². The molecule has 1 aromatic carbocycles. The lowest BCUT2D eigenvalue weighted by molar-refractivity contribution is 0.477. The Bertz CT molecular complexity index is 834. The highest BCUT2D eigenvalue weighted by Crippen LogP contribution is 2.21. The van der Waals surface area contributed by atoms with Crippen LogP contribution in [0.1, 0.15) is 24.0 Å². The van der Waals surface area contributed by atoms with Crippen molar-refractivity contribution < 1.29 is 8.42 Å². The molecular weight excluding hydrogens is 324 g/mol. The number of pyridine rings is 1. The van der Waals surface area contributed by atoms with Gasteiger partial charge >= 0.3 is 0 Å². The summed E-state index contributed by atoms with van der Waals surface area (Å²) in [6, 6.07) is 12.4. The van der Waals surface area contributed by atoms with Crippen LogP contribution in [0.5, 0.6) is 0 Å². The summed E-state index contributed by atoms with van der Waals surface area (Å²) in [7, 11) is -3.36. The fourth-order valence-corrected chi connectivity index (χ4v) is 4.13. The number of hydrogen-bond donors (Lipinski definition) is 1. The number of anilines is 1. The molecule has 2 aromatic rings. The summed E-state index contributed by atoms with van der Waals surface area (Å²) in [5.41, 5.74) is 1.47. The van der Waals surface area contributed by atoms with E-state index in [4.69, 9.17) is 5.26 Å². The second kappa shape index (κ2) is 6.99. The van der Waals surface area contributed by atoms with Crippen molar-refractivity contribution in [1.29, 1.82) is 5.26 Å². The quantitative estimate of drug-likeness (QED) is 0.901. The molecule has 3 rings (SSSR count). The van der Waals surface area contributed by atoms with Crippen molar-refractivity contribution in [3.63, 3.8) is 0 Å². The van der Waals surface area contributed by atoms with Gasteiger partial charge in [0.15, 0.2) is 0 Å². The normalized spacial score (nSPS) is 15.1. The first kappa shape index (κ1) is 16.4. The van der Waals surface area contributed by atoms with E-state index in [1.165, 1.54) is 6.20 Å². The molecule has 0 bridgehead atoms. The highest BCUT2D eigenvalue weighted by atomic mass is 32.2. The molecule has 1 aliphatic heterocycles. The van der Waals surface area contributed by atoms with E-state index in [-0.39, 0.29) is 0 Å². The Morgan fingerprint density at radius 2 is 1.83 bits per heavy atom. The Morgan fingerprint density at radius 1 is 1.12 bits per heavy atom. The average Bonchev–Trinajstić information content (AvgIpc) is 3.16. The Kier molecular flexibility index (Phi) is 4.79. The number of rotatable bonds is 5. The Balaban J connectivity index is 1.65. The monoisotopic (exact) mass is 342 g/mol. The Hall–Kier alpha value is -2.43. The predicted molar refractivity (Wildman–Crippen MR) is 90.7 cm³/mol. The zero-order valence-corrected chi connectivity index (χ0v) is 14.0.